The summed E-state index contributed by atoms with van der Waals surface area (Å²) in [6, 6.07) is 25.6. The van der Waals surface area contributed by atoms with Crippen LogP contribution >= 0.6 is 11.6 Å². The van der Waals surface area contributed by atoms with Crippen molar-refractivity contribution in [2.24, 2.45) is 0 Å². The lowest BCUT2D eigenvalue weighted by atomic mass is 9.93. The van der Waals surface area contributed by atoms with Gasteiger partial charge in [-0.3, -0.25) is 4.79 Å². The van der Waals surface area contributed by atoms with Gasteiger partial charge in [0.05, 0.1) is 34.9 Å². The van der Waals surface area contributed by atoms with Crippen LogP contribution in [0.15, 0.2) is 66.7 Å². The number of likely N-dealkylation sites (tertiary alicyclic amines) is 1. The fourth-order valence-corrected chi connectivity index (χ4v) is 8.20. The van der Waals surface area contributed by atoms with Gasteiger partial charge in [0.2, 0.25) is 5.91 Å². The molecule has 9 nitrogen and oxygen atoms in total. The first-order valence-corrected chi connectivity index (χ1v) is 19.9. The number of fused-ring (bicyclic) bond motifs is 1. The van der Waals surface area contributed by atoms with Gasteiger partial charge in [0.1, 0.15) is 36.1 Å². The van der Waals surface area contributed by atoms with E-state index in [1.165, 1.54) is 5.56 Å². The Bertz CT molecular complexity index is 2100. The minimum atomic E-state index is -0.661. The van der Waals surface area contributed by atoms with Gasteiger partial charge in [-0.25, -0.2) is 4.39 Å². The molecule has 0 spiro atoms. The number of benzene rings is 4. The molecule has 56 heavy (non-hydrogen) atoms. The van der Waals surface area contributed by atoms with Gasteiger partial charge >= 0.3 is 0 Å². The number of nitrogens with one attached hydrogen (secondary N) is 2. The lowest BCUT2D eigenvalue weighted by Crippen LogP contribution is -2.45. The number of hydrogen-bond acceptors (Lipinski definition) is 8. The smallest absolute Gasteiger partial charge is 0.220 e. The average molecular weight is 776 g/mol. The summed E-state index contributed by atoms with van der Waals surface area (Å²) in [5, 5.41) is 25.9. The third-order valence-electron chi connectivity index (χ3n) is 11.1. The lowest BCUT2D eigenvalue weighted by molar-refractivity contribution is -0.122. The predicted molar refractivity (Wildman–Crippen MR) is 214 cm³/mol. The number of carbonyl (C=O) groups excluding carboxylic acids is 1. The molecule has 0 aromatic heterocycles. The van der Waals surface area contributed by atoms with Gasteiger partial charge in [-0.05, 0) is 109 Å². The number of hydrogen-bond donors (Lipinski definition) is 2. The summed E-state index contributed by atoms with van der Waals surface area (Å²) in [4.78, 5) is 14.0. The Hall–Kier alpha value is -5.13. The summed E-state index contributed by atoms with van der Waals surface area (Å²) < 4.78 is 32.9. The van der Waals surface area contributed by atoms with Crippen LogP contribution in [0.4, 0.5) is 4.39 Å². The van der Waals surface area contributed by atoms with Crippen molar-refractivity contribution in [3.63, 3.8) is 0 Å². The number of carbonyl (C=O) groups is 1. The Morgan fingerprint density at radius 2 is 1.68 bits per heavy atom. The third kappa shape index (κ3) is 9.45. The molecule has 3 aliphatic rings. The first-order chi connectivity index (χ1) is 27.3. The van der Waals surface area contributed by atoms with Gasteiger partial charge in [0.15, 0.2) is 0 Å². The molecule has 1 aliphatic carbocycles. The Morgan fingerprint density at radius 3 is 2.43 bits per heavy atom. The van der Waals surface area contributed by atoms with Crippen LogP contribution in [0.2, 0.25) is 5.02 Å². The summed E-state index contributed by atoms with van der Waals surface area (Å²) >= 11 is 6.94. The van der Waals surface area contributed by atoms with E-state index in [0.29, 0.717) is 72.2 Å². The molecule has 1 unspecified atom stereocenters. The molecule has 4 aromatic carbocycles. The van der Waals surface area contributed by atoms with Crippen LogP contribution < -0.4 is 24.8 Å². The normalized spacial score (nSPS) is 18.4. The highest BCUT2D eigenvalue weighted by Crippen LogP contribution is 2.44. The molecule has 1 amide bonds. The Labute approximate surface area is 333 Å². The molecule has 2 saturated heterocycles. The van der Waals surface area contributed by atoms with E-state index in [9.17, 15) is 19.7 Å². The molecule has 0 radical (unpaired) electrons. The highest BCUT2D eigenvalue weighted by Gasteiger charge is 2.29. The fourth-order valence-electron chi connectivity index (χ4n) is 7.97. The van der Waals surface area contributed by atoms with Crippen molar-refractivity contribution in [3.8, 4) is 40.5 Å². The van der Waals surface area contributed by atoms with Crippen LogP contribution in [0.5, 0.6) is 17.2 Å². The molecule has 0 bridgehead atoms. The topological polar surface area (TPSA) is 120 Å². The molecular weight excluding hydrogens is 729 g/mol. The predicted octanol–water partition coefficient (Wildman–Crippen LogP) is 8.28. The van der Waals surface area contributed by atoms with Crippen LogP contribution in [0, 0.1) is 29.6 Å². The highest BCUT2D eigenvalue weighted by atomic mass is 35.5. The maximum atomic E-state index is 13.5. The number of halogens is 2. The monoisotopic (exact) mass is 775 g/mol. The zero-order valence-electron chi connectivity index (χ0n) is 31.7. The van der Waals surface area contributed by atoms with E-state index in [-0.39, 0.29) is 24.7 Å². The number of nitriles is 2. The SMILES string of the molecule is Cc1c(OCCCN2CCC(F)CC2)cccc1-c1cccc2c1CC[C@@H]2Oc1cc(OCc2cc(C#N)cc(C#N)c2)c(CNC2CCC(=O)NC2)cc1Cl. The maximum absolute atomic E-state index is 13.5. The number of alkyl halides is 1. The summed E-state index contributed by atoms with van der Waals surface area (Å²) in [7, 11) is 0. The van der Waals surface area contributed by atoms with E-state index in [4.69, 9.17) is 25.8 Å². The summed E-state index contributed by atoms with van der Waals surface area (Å²) in [6.45, 7) is 6.40. The standard InChI is InChI=1S/C45H47ClFN5O4/c1-29-36(5-3-8-41(29)54-18-4-15-52-16-13-34(47)14-17-52)37-6-2-7-39-38(37)10-11-42(39)56-44-23-43(55-28-32-20-30(24-48)19-31(21-32)25-49)33(22-40(44)46)26-50-35-9-12-45(53)51-27-35/h2-3,5-8,19-23,34-35,42,50H,4,9-18,26-28H2,1H3,(H,51,53)/t35?,42-/m0/s1. The van der Waals surface area contributed by atoms with Gasteiger partial charge in [0.25, 0.3) is 0 Å². The molecular formula is C45H47ClFN5O4. The zero-order chi connectivity index (χ0) is 39.0. The van der Waals surface area contributed by atoms with E-state index in [1.54, 1.807) is 18.2 Å². The average Bonchev–Trinajstić information content (AvgIpc) is 3.63. The van der Waals surface area contributed by atoms with Crippen molar-refractivity contribution in [1.82, 2.24) is 15.5 Å². The zero-order valence-corrected chi connectivity index (χ0v) is 32.5. The fraction of sp³-hybridized carbons (Fsp3) is 0.400. The first kappa shape index (κ1) is 39.1. The van der Waals surface area contributed by atoms with Crippen LogP contribution in [0.1, 0.15) is 83.6 Å². The lowest BCUT2D eigenvalue weighted by Gasteiger charge is -2.28. The number of ether oxygens (including phenoxy) is 3. The van der Waals surface area contributed by atoms with Crippen molar-refractivity contribution in [3.05, 3.63) is 111 Å². The molecule has 11 heteroatoms. The molecule has 2 N–H and O–H groups in total. The summed E-state index contributed by atoms with van der Waals surface area (Å²) in [6.07, 6.45) is 4.08. The van der Waals surface area contributed by atoms with Crippen molar-refractivity contribution in [1.29, 1.82) is 10.5 Å². The van der Waals surface area contributed by atoms with Gasteiger partial charge in [-0.1, -0.05) is 41.9 Å². The minimum absolute atomic E-state index is 0.0565. The van der Waals surface area contributed by atoms with Crippen molar-refractivity contribution >= 4 is 17.5 Å². The minimum Gasteiger partial charge on any atom is -0.493 e. The molecule has 2 aliphatic heterocycles. The molecule has 4 aromatic rings. The first-order valence-electron chi connectivity index (χ1n) is 19.5. The van der Waals surface area contributed by atoms with Crippen LogP contribution in [-0.2, 0) is 24.4 Å². The van der Waals surface area contributed by atoms with Crippen LogP contribution in [0.25, 0.3) is 11.1 Å². The number of rotatable bonds is 14. The van der Waals surface area contributed by atoms with E-state index >= 15 is 0 Å². The Kier molecular flexibility index (Phi) is 12.7. The molecule has 2 fully saturated rings. The van der Waals surface area contributed by atoms with E-state index < -0.39 is 6.17 Å². The largest absolute Gasteiger partial charge is 0.493 e. The van der Waals surface area contributed by atoms with E-state index in [2.05, 4.69) is 58.9 Å². The van der Waals surface area contributed by atoms with Crippen LogP contribution in [0.3, 0.4) is 0 Å². The second kappa shape index (κ2) is 18.2. The Morgan fingerprint density at radius 1 is 0.911 bits per heavy atom. The number of piperidine rings is 2. The summed E-state index contributed by atoms with van der Waals surface area (Å²) in [5.41, 5.74) is 8.05. The van der Waals surface area contributed by atoms with Crippen molar-refractivity contribution in [2.75, 3.05) is 32.8 Å². The second-order valence-electron chi connectivity index (χ2n) is 14.9. The van der Waals surface area contributed by atoms with E-state index in [1.807, 2.05) is 24.3 Å². The number of nitrogens with zero attached hydrogens (tertiary/aromatic N) is 3. The third-order valence-corrected chi connectivity index (χ3v) is 11.4. The highest BCUT2D eigenvalue weighted by molar-refractivity contribution is 6.32. The molecule has 2 heterocycles. The molecule has 7 rings (SSSR count). The molecule has 0 saturated carbocycles. The van der Waals surface area contributed by atoms with Gasteiger partial charge < -0.3 is 29.7 Å². The van der Waals surface area contributed by atoms with Crippen molar-refractivity contribution < 1.29 is 23.4 Å². The van der Waals surface area contributed by atoms with Gasteiger partial charge in [0, 0.05) is 56.8 Å². The van der Waals surface area contributed by atoms with Crippen molar-refractivity contribution in [2.45, 2.75) is 83.3 Å². The van der Waals surface area contributed by atoms with Crippen LogP contribution in [-0.4, -0.2) is 55.8 Å². The molecule has 2 atom stereocenters. The van der Waals surface area contributed by atoms with E-state index in [0.717, 1.165) is 78.9 Å². The second-order valence-corrected chi connectivity index (χ2v) is 15.3. The maximum Gasteiger partial charge on any atom is 0.220 e. The number of amides is 1. The van der Waals surface area contributed by atoms with Gasteiger partial charge in [-0.2, -0.15) is 10.5 Å². The summed E-state index contributed by atoms with van der Waals surface area (Å²) in [5.74, 6) is 2.00. The quantitative estimate of drug-likeness (QED) is 0.123. The Balaban J connectivity index is 1.07. The van der Waals surface area contributed by atoms with Gasteiger partial charge in [-0.15, -0.1) is 0 Å². The molecule has 290 valence electrons.